The molecule has 0 aliphatic heterocycles. The predicted octanol–water partition coefficient (Wildman–Crippen LogP) is 3.82. The van der Waals surface area contributed by atoms with Crippen molar-refractivity contribution in [1.82, 2.24) is 0 Å². The highest BCUT2D eigenvalue weighted by atomic mass is 19.4. The number of hydrogen-bond acceptors (Lipinski definition) is 2. The van der Waals surface area contributed by atoms with Gasteiger partial charge in [-0.1, -0.05) is 30.3 Å². The molecule has 0 radical (unpaired) electrons. The van der Waals surface area contributed by atoms with E-state index in [0.29, 0.717) is 12.2 Å². The third-order valence-corrected chi connectivity index (χ3v) is 2.99. The zero-order valence-electron chi connectivity index (χ0n) is 10.7. The number of nitrogens with one attached hydrogen (secondary N) is 1. The van der Waals surface area contributed by atoms with Crippen LogP contribution in [0.1, 0.15) is 17.2 Å². The monoisotopic (exact) mass is 280 g/mol. The average molecular weight is 280 g/mol. The van der Waals surface area contributed by atoms with Crippen LogP contribution in [-0.4, -0.2) is 6.54 Å². The minimum Gasteiger partial charge on any atom is -0.377 e. The highest BCUT2D eigenvalue weighted by molar-refractivity contribution is 5.47. The van der Waals surface area contributed by atoms with Gasteiger partial charge in [0.15, 0.2) is 0 Å². The quantitative estimate of drug-likeness (QED) is 0.893. The summed E-state index contributed by atoms with van der Waals surface area (Å²) >= 11 is 0. The van der Waals surface area contributed by atoms with Gasteiger partial charge >= 0.3 is 6.18 Å². The van der Waals surface area contributed by atoms with E-state index in [1.165, 1.54) is 12.1 Å². The van der Waals surface area contributed by atoms with E-state index in [-0.39, 0.29) is 6.04 Å². The molecule has 0 aromatic heterocycles. The lowest BCUT2D eigenvalue weighted by molar-refractivity contribution is -0.137. The molecule has 0 aliphatic rings. The summed E-state index contributed by atoms with van der Waals surface area (Å²) in [6, 6.07) is 14.3. The van der Waals surface area contributed by atoms with Crippen LogP contribution in [0.2, 0.25) is 0 Å². The van der Waals surface area contributed by atoms with Gasteiger partial charge < -0.3 is 11.1 Å². The lowest BCUT2D eigenvalue weighted by Gasteiger charge is -2.19. The van der Waals surface area contributed by atoms with Crippen molar-refractivity contribution >= 4 is 5.69 Å². The van der Waals surface area contributed by atoms with Crippen LogP contribution >= 0.6 is 0 Å². The first-order chi connectivity index (χ1) is 9.50. The third kappa shape index (κ3) is 3.51. The lowest BCUT2D eigenvalue weighted by atomic mass is 10.1. The van der Waals surface area contributed by atoms with E-state index in [0.717, 1.165) is 17.7 Å². The van der Waals surface area contributed by atoms with Crippen LogP contribution in [-0.2, 0) is 6.18 Å². The third-order valence-electron chi connectivity index (χ3n) is 2.99. The Labute approximate surface area is 115 Å². The molecule has 0 saturated heterocycles. The molecule has 0 fully saturated rings. The molecule has 5 heteroatoms. The van der Waals surface area contributed by atoms with E-state index in [4.69, 9.17) is 5.73 Å². The number of rotatable bonds is 4. The summed E-state index contributed by atoms with van der Waals surface area (Å²) in [6.45, 7) is 0.352. The molecule has 1 atom stereocenters. The first kappa shape index (κ1) is 14.4. The van der Waals surface area contributed by atoms with Crippen molar-refractivity contribution in [3.8, 4) is 0 Å². The summed E-state index contributed by atoms with van der Waals surface area (Å²) in [4.78, 5) is 0. The standard InChI is InChI=1S/C15H15F3N2/c16-15(17,18)12-6-8-13(9-7-12)20-14(10-19)11-4-2-1-3-5-11/h1-9,14,20H,10,19H2. The lowest BCUT2D eigenvalue weighted by Crippen LogP contribution is -2.20. The van der Waals surface area contributed by atoms with Crippen molar-refractivity contribution in [2.45, 2.75) is 12.2 Å². The van der Waals surface area contributed by atoms with Gasteiger partial charge in [0.1, 0.15) is 0 Å². The Morgan fingerprint density at radius 2 is 1.55 bits per heavy atom. The Balaban J connectivity index is 2.13. The summed E-state index contributed by atoms with van der Waals surface area (Å²) < 4.78 is 37.4. The Bertz CT molecular complexity index is 535. The molecule has 2 nitrogen and oxygen atoms in total. The van der Waals surface area contributed by atoms with Gasteiger partial charge in [-0.25, -0.2) is 0 Å². The average Bonchev–Trinajstić information content (AvgIpc) is 2.45. The Morgan fingerprint density at radius 3 is 2.05 bits per heavy atom. The first-order valence-corrected chi connectivity index (χ1v) is 6.19. The van der Waals surface area contributed by atoms with Gasteiger partial charge in [0.2, 0.25) is 0 Å². The van der Waals surface area contributed by atoms with E-state index < -0.39 is 11.7 Å². The molecule has 0 amide bonds. The van der Waals surface area contributed by atoms with Crippen LogP contribution in [0.15, 0.2) is 54.6 Å². The van der Waals surface area contributed by atoms with E-state index in [2.05, 4.69) is 5.32 Å². The molecule has 0 bridgehead atoms. The van der Waals surface area contributed by atoms with Crippen LogP contribution in [0.25, 0.3) is 0 Å². The molecule has 0 heterocycles. The van der Waals surface area contributed by atoms with Crippen molar-refractivity contribution in [1.29, 1.82) is 0 Å². The highest BCUT2D eigenvalue weighted by Gasteiger charge is 2.29. The van der Waals surface area contributed by atoms with Gasteiger partial charge in [0.05, 0.1) is 11.6 Å². The van der Waals surface area contributed by atoms with Crippen molar-refractivity contribution in [2.75, 3.05) is 11.9 Å². The van der Waals surface area contributed by atoms with E-state index in [1.807, 2.05) is 30.3 Å². The predicted molar refractivity (Wildman–Crippen MR) is 73.3 cm³/mol. The molecule has 2 aromatic rings. The molecule has 1 unspecified atom stereocenters. The van der Waals surface area contributed by atoms with E-state index in [9.17, 15) is 13.2 Å². The van der Waals surface area contributed by atoms with Gasteiger partial charge in [0.25, 0.3) is 0 Å². The maximum atomic E-state index is 12.5. The molecule has 20 heavy (non-hydrogen) atoms. The van der Waals surface area contributed by atoms with Crippen molar-refractivity contribution in [2.24, 2.45) is 5.73 Å². The smallest absolute Gasteiger partial charge is 0.377 e. The SMILES string of the molecule is NCC(Nc1ccc(C(F)(F)F)cc1)c1ccccc1. The van der Waals surface area contributed by atoms with Crippen LogP contribution in [0, 0.1) is 0 Å². The number of nitrogens with two attached hydrogens (primary N) is 1. The summed E-state index contributed by atoms with van der Waals surface area (Å²) in [6.07, 6.45) is -4.31. The minimum absolute atomic E-state index is 0.132. The Kier molecular flexibility index (Phi) is 4.29. The number of benzene rings is 2. The van der Waals surface area contributed by atoms with Gasteiger partial charge in [-0.05, 0) is 29.8 Å². The number of hydrogen-bond donors (Lipinski definition) is 2. The van der Waals surface area contributed by atoms with E-state index >= 15 is 0 Å². The van der Waals surface area contributed by atoms with Crippen LogP contribution in [0.3, 0.4) is 0 Å². The number of halogens is 3. The normalized spacial score (nSPS) is 13.0. The molecule has 0 spiro atoms. The Morgan fingerprint density at radius 1 is 0.950 bits per heavy atom. The van der Waals surface area contributed by atoms with Crippen molar-refractivity contribution in [3.63, 3.8) is 0 Å². The van der Waals surface area contributed by atoms with Gasteiger partial charge in [-0.15, -0.1) is 0 Å². The second kappa shape index (κ2) is 5.96. The summed E-state index contributed by atoms with van der Waals surface area (Å²) in [7, 11) is 0. The second-order valence-electron chi connectivity index (χ2n) is 4.42. The highest BCUT2D eigenvalue weighted by Crippen LogP contribution is 2.30. The number of alkyl halides is 3. The maximum Gasteiger partial charge on any atom is 0.416 e. The molecule has 106 valence electrons. The fraction of sp³-hybridized carbons (Fsp3) is 0.200. The summed E-state index contributed by atoms with van der Waals surface area (Å²) in [5.74, 6) is 0. The van der Waals surface area contributed by atoms with Crippen LogP contribution in [0.5, 0.6) is 0 Å². The van der Waals surface area contributed by atoms with Gasteiger partial charge in [-0.3, -0.25) is 0 Å². The molecule has 2 rings (SSSR count). The number of anilines is 1. The zero-order chi connectivity index (χ0) is 14.6. The largest absolute Gasteiger partial charge is 0.416 e. The molecule has 0 aliphatic carbocycles. The summed E-state index contributed by atoms with van der Waals surface area (Å²) in [5.41, 5.74) is 6.65. The second-order valence-corrected chi connectivity index (χ2v) is 4.42. The van der Waals surface area contributed by atoms with Crippen molar-refractivity contribution < 1.29 is 13.2 Å². The fourth-order valence-corrected chi connectivity index (χ4v) is 1.92. The fourth-order valence-electron chi connectivity index (χ4n) is 1.92. The molecule has 0 saturated carbocycles. The van der Waals surface area contributed by atoms with Gasteiger partial charge in [0, 0.05) is 12.2 Å². The summed E-state index contributed by atoms with van der Waals surface area (Å²) in [5, 5.41) is 3.13. The maximum absolute atomic E-state index is 12.5. The van der Waals surface area contributed by atoms with Crippen LogP contribution < -0.4 is 11.1 Å². The molecule has 2 aromatic carbocycles. The molecular weight excluding hydrogens is 265 g/mol. The van der Waals surface area contributed by atoms with Gasteiger partial charge in [-0.2, -0.15) is 13.2 Å². The molecular formula is C15H15F3N2. The van der Waals surface area contributed by atoms with Crippen LogP contribution in [0.4, 0.5) is 18.9 Å². The minimum atomic E-state index is -4.31. The first-order valence-electron chi connectivity index (χ1n) is 6.19. The Hall–Kier alpha value is -2.01. The molecule has 3 N–H and O–H groups in total. The topological polar surface area (TPSA) is 38.0 Å². The van der Waals surface area contributed by atoms with E-state index in [1.54, 1.807) is 0 Å². The zero-order valence-corrected chi connectivity index (χ0v) is 10.7. The van der Waals surface area contributed by atoms with Crippen molar-refractivity contribution in [3.05, 3.63) is 65.7 Å².